The standard InChI is InChI=1S/C48H79N3O17S/c1-3-5-6-7-8-9-10-11-12-15-24-67-42(57)32-48(35-52)22-14-13-17-36(18-16-23-48)43(46(61)66-4-2)47(62)68-31-30-65-29-28-64-27-26-63-25-21-40(54)50-37(45(59)60)19-20-39(53)51-38(34-69)44(58)49-33-41(55)56/h35,37-38,69H,3-34H2,1-2H3,(H,49,58)(H,50,54)(H,51,53)(H,55,56)(H,59,60)/b43-36-. The fourth-order valence-corrected chi connectivity index (χ4v) is 7.77. The molecule has 394 valence electrons. The molecule has 20 nitrogen and oxygen atoms in total. The van der Waals surface area contributed by atoms with E-state index >= 15 is 0 Å². The molecule has 5 N–H and O–H groups in total. The van der Waals surface area contributed by atoms with Crippen LogP contribution < -0.4 is 16.0 Å². The van der Waals surface area contributed by atoms with E-state index in [1.54, 1.807) is 6.92 Å². The van der Waals surface area contributed by atoms with Gasteiger partial charge in [-0.15, -0.1) is 0 Å². The first-order valence-corrected chi connectivity index (χ1v) is 25.2. The Labute approximate surface area is 412 Å². The number of esters is 3. The van der Waals surface area contributed by atoms with Crippen molar-refractivity contribution in [2.24, 2.45) is 5.41 Å². The van der Waals surface area contributed by atoms with E-state index in [0.717, 1.165) is 25.5 Å². The fourth-order valence-electron chi connectivity index (χ4n) is 7.51. The average Bonchev–Trinajstić information content (AvgIpc) is 3.41. The maximum Gasteiger partial charge on any atom is 0.345 e. The molecule has 1 aliphatic rings. The minimum Gasteiger partial charge on any atom is -0.480 e. The predicted molar refractivity (Wildman–Crippen MR) is 255 cm³/mol. The van der Waals surface area contributed by atoms with Crippen LogP contribution in [-0.4, -0.2) is 148 Å². The van der Waals surface area contributed by atoms with Crippen molar-refractivity contribution in [2.75, 3.05) is 71.8 Å². The van der Waals surface area contributed by atoms with Crippen molar-refractivity contribution in [3.05, 3.63) is 11.1 Å². The molecule has 0 aromatic rings. The Kier molecular flexibility index (Phi) is 35.4. The summed E-state index contributed by atoms with van der Waals surface area (Å²) in [6.45, 7) is 4.03. The van der Waals surface area contributed by atoms with Crippen molar-refractivity contribution >= 4 is 66.5 Å². The largest absolute Gasteiger partial charge is 0.480 e. The number of hydrogen-bond acceptors (Lipinski definition) is 16. The van der Waals surface area contributed by atoms with E-state index in [4.69, 9.17) is 33.5 Å². The van der Waals surface area contributed by atoms with E-state index in [1.807, 2.05) is 0 Å². The monoisotopic (exact) mass is 1000 g/mol. The van der Waals surface area contributed by atoms with Gasteiger partial charge in [-0.1, -0.05) is 71.1 Å². The summed E-state index contributed by atoms with van der Waals surface area (Å²) in [4.78, 5) is 110. The van der Waals surface area contributed by atoms with Crippen LogP contribution in [0.4, 0.5) is 0 Å². The van der Waals surface area contributed by atoms with Gasteiger partial charge < -0.3 is 59.4 Å². The number of aldehydes is 1. The molecule has 69 heavy (non-hydrogen) atoms. The van der Waals surface area contributed by atoms with Crippen molar-refractivity contribution in [3.8, 4) is 0 Å². The van der Waals surface area contributed by atoms with E-state index < -0.39 is 65.6 Å². The van der Waals surface area contributed by atoms with Crippen LogP contribution in [0, 0.1) is 5.41 Å². The summed E-state index contributed by atoms with van der Waals surface area (Å²) in [5.41, 5.74) is -0.439. The zero-order valence-corrected chi connectivity index (χ0v) is 41.7. The number of nitrogens with one attached hydrogen (secondary N) is 3. The number of amides is 3. The third kappa shape index (κ3) is 29.9. The summed E-state index contributed by atoms with van der Waals surface area (Å²) < 4.78 is 32.5. The van der Waals surface area contributed by atoms with Gasteiger partial charge in [0.1, 0.15) is 37.1 Å². The van der Waals surface area contributed by atoms with Crippen LogP contribution >= 0.6 is 12.6 Å². The second-order valence-corrected chi connectivity index (χ2v) is 17.3. The average molecular weight is 1000 g/mol. The lowest BCUT2D eigenvalue weighted by atomic mass is 9.77. The number of carbonyl (C=O) groups excluding carboxylic acids is 7. The van der Waals surface area contributed by atoms with E-state index in [2.05, 4.69) is 35.5 Å². The van der Waals surface area contributed by atoms with E-state index in [9.17, 15) is 48.3 Å². The fraction of sp³-hybridized carbons (Fsp3) is 0.771. The number of unbranched alkanes of at least 4 members (excludes halogenated alkanes) is 9. The number of carboxylic acids is 2. The van der Waals surface area contributed by atoms with Crippen LogP contribution in [0.5, 0.6) is 0 Å². The molecule has 1 saturated carbocycles. The summed E-state index contributed by atoms with van der Waals surface area (Å²) in [5, 5.41) is 24.9. The maximum atomic E-state index is 13.3. The highest BCUT2D eigenvalue weighted by molar-refractivity contribution is 7.80. The van der Waals surface area contributed by atoms with Gasteiger partial charge in [-0.2, -0.15) is 12.6 Å². The highest BCUT2D eigenvalue weighted by atomic mass is 32.1. The van der Waals surface area contributed by atoms with Crippen LogP contribution in [0.3, 0.4) is 0 Å². The molecular weight excluding hydrogens is 923 g/mol. The van der Waals surface area contributed by atoms with Crippen molar-refractivity contribution in [1.29, 1.82) is 0 Å². The minimum absolute atomic E-state index is 0.00295. The molecule has 3 amide bonds. The molecule has 3 unspecified atom stereocenters. The molecule has 3 atom stereocenters. The van der Waals surface area contributed by atoms with Gasteiger partial charge in [0.15, 0.2) is 0 Å². The van der Waals surface area contributed by atoms with Crippen LogP contribution in [0.1, 0.15) is 149 Å². The van der Waals surface area contributed by atoms with Crippen molar-refractivity contribution < 1.29 is 81.8 Å². The highest BCUT2D eigenvalue weighted by Gasteiger charge is 2.35. The smallest absolute Gasteiger partial charge is 0.345 e. The quantitative estimate of drug-likeness (QED) is 0.00718. The van der Waals surface area contributed by atoms with Crippen molar-refractivity contribution in [2.45, 2.75) is 161 Å². The van der Waals surface area contributed by atoms with Crippen LogP contribution in [-0.2, 0) is 71.6 Å². The number of ether oxygens (including phenoxy) is 6. The van der Waals surface area contributed by atoms with Crippen molar-refractivity contribution in [3.63, 3.8) is 0 Å². The molecule has 21 heteroatoms. The van der Waals surface area contributed by atoms with E-state index in [1.165, 1.54) is 44.9 Å². The molecule has 0 aromatic heterocycles. The Hall–Kier alpha value is -4.60. The number of hydrogen-bond donors (Lipinski definition) is 6. The molecule has 1 aliphatic carbocycles. The van der Waals surface area contributed by atoms with Crippen LogP contribution in [0.15, 0.2) is 11.1 Å². The number of thiol groups is 1. The summed E-state index contributed by atoms with van der Waals surface area (Å²) in [6, 6.07) is -2.53. The van der Waals surface area contributed by atoms with Gasteiger partial charge in [0.2, 0.25) is 17.7 Å². The number of carbonyl (C=O) groups is 9. The van der Waals surface area contributed by atoms with Gasteiger partial charge in [-0.05, 0) is 63.9 Å². The Morgan fingerprint density at radius 1 is 0.652 bits per heavy atom. The zero-order chi connectivity index (χ0) is 51.1. The summed E-state index contributed by atoms with van der Waals surface area (Å²) in [6.07, 6.45) is 15.2. The van der Waals surface area contributed by atoms with Gasteiger partial charge in [-0.25, -0.2) is 14.4 Å². The summed E-state index contributed by atoms with van der Waals surface area (Å²) >= 11 is 3.97. The maximum absolute atomic E-state index is 13.3. The lowest BCUT2D eigenvalue weighted by Gasteiger charge is -2.26. The van der Waals surface area contributed by atoms with E-state index in [-0.39, 0.29) is 95.8 Å². The lowest BCUT2D eigenvalue weighted by molar-refractivity contribution is -0.149. The zero-order valence-electron chi connectivity index (χ0n) is 40.8. The SMILES string of the molecule is CCCCCCCCCCCCOC(=O)CC1(C=O)CCCC/C(=C(\C(=O)OCC)C(=O)OCCOCCOCCOCCC(=O)NC(CCC(=O)NC(CS)C(=O)NCC(=O)O)C(=O)O)CCC1. The third-order valence-corrected chi connectivity index (χ3v) is 11.7. The molecule has 0 bridgehead atoms. The summed E-state index contributed by atoms with van der Waals surface area (Å²) in [7, 11) is 0. The van der Waals surface area contributed by atoms with E-state index in [0.29, 0.717) is 57.1 Å². The van der Waals surface area contributed by atoms with Gasteiger partial charge in [-0.3, -0.25) is 24.0 Å². The molecule has 1 fully saturated rings. The van der Waals surface area contributed by atoms with Gasteiger partial charge in [0, 0.05) is 24.0 Å². The number of allylic oxidation sites excluding steroid dienone is 1. The Balaban J connectivity index is 2.41. The molecule has 0 spiro atoms. The molecule has 0 radical (unpaired) electrons. The Morgan fingerprint density at radius 2 is 1.20 bits per heavy atom. The van der Waals surface area contributed by atoms with Crippen LogP contribution in [0.2, 0.25) is 0 Å². The topological polar surface area (TPSA) is 286 Å². The molecule has 1 rings (SSSR count). The number of aliphatic carboxylic acids is 2. The van der Waals surface area contributed by atoms with Gasteiger partial charge >= 0.3 is 29.8 Å². The normalized spacial score (nSPS) is 16.6. The molecule has 0 aliphatic heterocycles. The highest BCUT2D eigenvalue weighted by Crippen LogP contribution is 2.37. The first-order chi connectivity index (χ1) is 33.2. The number of carboxylic acid groups (broad SMARTS) is 2. The first kappa shape index (κ1) is 62.4. The molecule has 0 heterocycles. The second kappa shape index (κ2) is 39.2. The van der Waals surface area contributed by atoms with Gasteiger partial charge in [0.25, 0.3) is 0 Å². The van der Waals surface area contributed by atoms with Crippen LogP contribution in [0.25, 0.3) is 0 Å². The molecule has 0 aromatic carbocycles. The molecular formula is C48H79N3O17S. The molecule has 0 saturated heterocycles. The Morgan fingerprint density at radius 3 is 1.80 bits per heavy atom. The Bertz CT molecular complexity index is 1610. The van der Waals surface area contributed by atoms with Gasteiger partial charge in [0.05, 0.1) is 59.3 Å². The first-order valence-electron chi connectivity index (χ1n) is 24.6. The van der Waals surface area contributed by atoms with Crippen molar-refractivity contribution in [1.82, 2.24) is 16.0 Å². The predicted octanol–water partition coefficient (Wildman–Crippen LogP) is 4.58. The minimum atomic E-state index is -1.39. The summed E-state index contributed by atoms with van der Waals surface area (Å²) in [5.74, 6) is -6.85. The third-order valence-electron chi connectivity index (χ3n) is 11.3. The number of rotatable bonds is 39. The second-order valence-electron chi connectivity index (χ2n) is 17.0. The lowest BCUT2D eigenvalue weighted by Crippen LogP contribution is -2.49.